The van der Waals surface area contributed by atoms with Crippen LogP contribution in [0.1, 0.15) is 13.3 Å². The molecule has 2 rings (SSSR count). The number of carbonyl (C=O) groups is 2. The summed E-state index contributed by atoms with van der Waals surface area (Å²) in [5, 5.41) is 0. The van der Waals surface area contributed by atoms with Gasteiger partial charge < -0.3 is 14.4 Å². The lowest BCUT2D eigenvalue weighted by molar-refractivity contribution is -0.145. The van der Waals surface area contributed by atoms with Gasteiger partial charge in [-0.25, -0.2) is 4.39 Å². The van der Waals surface area contributed by atoms with Crippen LogP contribution in [0.5, 0.6) is 5.75 Å². The molecular weight excluding hydrogens is 277 g/mol. The van der Waals surface area contributed by atoms with Crippen molar-refractivity contribution in [1.82, 2.24) is 4.90 Å². The SMILES string of the molecule is COC(=O)C1CCN(C(=O)C(C)Oc2cccc(F)c2)C1. The molecule has 1 saturated heterocycles. The van der Waals surface area contributed by atoms with E-state index in [-0.39, 0.29) is 17.8 Å². The van der Waals surface area contributed by atoms with Gasteiger partial charge in [-0.3, -0.25) is 9.59 Å². The van der Waals surface area contributed by atoms with Gasteiger partial charge in [-0.05, 0) is 25.5 Å². The normalized spacial score (nSPS) is 19.2. The van der Waals surface area contributed by atoms with Crippen molar-refractivity contribution in [2.75, 3.05) is 20.2 Å². The summed E-state index contributed by atoms with van der Waals surface area (Å²) in [7, 11) is 1.34. The zero-order valence-corrected chi connectivity index (χ0v) is 12.0. The smallest absolute Gasteiger partial charge is 0.310 e. The van der Waals surface area contributed by atoms with Gasteiger partial charge in [0.25, 0.3) is 5.91 Å². The number of amides is 1. The van der Waals surface area contributed by atoms with Crippen molar-refractivity contribution in [3.63, 3.8) is 0 Å². The molecule has 0 aliphatic carbocycles. The Labute approximate surface area is 122 Å². The van der Waals surface area contributed by atoms with Crippen LogP contribution in [-0.2, 0) is 14.3 Å². The molecule has 0 aromatic heterocycles. The number of nitrogens with zero attached hydrogens (tertiary/aromatic N) is 1. The standard InChI is InChI=1S/C15H18FNO4/c1-10(21-13-5-3-4-12(16)8-13)14(18)17-7-6-11(9-17)15(19)20-2/h3-5,8,10-11H,6-7,9H2,1-2H3. The second kappa shape index (κ2) is 6.56. The molecule has 1 aliphatic rings. The van der Waals surface area contributed by atoms with E-state index < -0.39 is 11.9 Å². The van der Waals surface area contributed by atoms with Crippen molar-refractivity contribution in [2.24, 2.45) is 5.92 Å². The van der Waals surface area contributed by atoms with Crippen LogP contribution in [-0.4, -0.2) is 43.1 Å². The highest BCUT2D eigenvalue weighted by atomic mass is 19.1. The minimum Gasteiger partial charge on any atom is -0.481 e. The molecule has 6 heteroatoms. The molecule has 0 saturated carbocycles. The van der Waals surface area contributed by atoms with Crippen LogP contribution in [0.15, 0.2) is 24.3 Å². The molecule has 1 aromatic carbocycles. The average Bonchev–Trinajstić information content (AvgIpc) is 2.95. The molecule has 114 valence electrons. The number of methoxy groups -OCH3 is 1. The lowest BCUT2D eigenvalue weighted by atomic mass is 10.1. The van der Waals surface area contributed by atoms with E-state index in [1.165, 1.54) is 25.3 Å². The number of benzene rings is 1. The first-order valence-electron chi connectivity index (χ1n) is 6.80. The molecule has 1 amide bonds. The molecule has 2 atom stereocenters. The van der Waals surface area contributed by atoms with E-state index in [9.17, 15) is 14.0 Å². The summed E-state index contributed by atoms with van der Waals surface area (Å²) in [6.45, 7) is 2.44. The summed E-state index contributed by atoms with van der Waals surface area (Å²) in [6, 6.07) is 5.64. The first-order valence-corrected chi connectivity index (χ1v) is 6.80. The van der Waals surface area contributed by atoms with Gasteiger partial charge in [-0.2, -0.15) is 0 Å². The number of carbonyl (C=O) groups excluding carboxylic acids is 2. The number of hydrogen-bond acceptors (Lipinski definition) is 4. The third kappa shape index (κ3) is 3.71. The fourth-order valence-corrected chi connectivity index (χ4v) is 2.37. The zero-order chi connectivity index (χ0) is 15.4. The highest BCUT2D eigenvalue weighted by Crippen LogP contribution is 2.20. The van der Waals surface area contributed by atoms with Crippen LogP contribution in [0.25, 0.3) is 0 Å². The van der Waals surface area contributed by atoms with Crippen molar-refractivity contribution in [3.05, 3.63) is 30.1 Å². The molecule has 21 heavy (non-hydrogen) atoms. The number of halogens is 1. The van der Waals surface area contributed by atoms with E-state index in [2.05, 4.69) is 4.74 Å². The third-order valence-electron chi connectivity index (χ3n) is 3.49. The number of hydrogen-bond donors (Lipinski definition) is 0. The summed E-state index contributed by atoms with van der Waals surface area (Å²) in [5.74, 6) is -0.909. The lowest BCUT2D eigenvalue weighted by Gasteiger charge is -2.21. The Morgan fingerprint density at radius 1 is 1.43 bits per heavy atom. The molecule has 1 aromatic rings. The summed E-state index contributed by atoms with van der Waals surface area (Å²) >= 11 is 0. The van der Waals surface area contributed by atoms with Gasteiger partial charge in [0.2, 0.25) is 0 Å². The Balaban J connectivity index is 1.93. The monoisotopic (exact) mass is 295 g/mol. The Kier molecular flexibility index (Phi) is 4.77. The van der Waals surface area contributed by atoms with Crippen molar-refractivity contribution in [3.8, 4) is 5.75 Å². The van der Waals surface area contributed by atoms with E-state index in [1.54, 1.807) is 17.9 Å². The van der Waals surface area contributed by atoms with E-state index >= 15 is 0 Å². The fourth-order valence-electron chi connectivity index (χ4n) is 2.37. The van der Waals surface area contributed by atoms with Gasteiger partial charge in [0.1, 0.15) is 11.6 Å². The minimum absolute atomic E-state index is 0.217. The number of likely N-dealkylation sites (tertiary alicyclic amines) is 1. The van der Waals surface area contributed by atoms with Gasteiger partial charge >= 0.3 is 5.97 Å². The highest BCUT2D eigenvalue weighted by molar-refractivity contribution is 5.82. The van der Waals surface area contributed by atoms with Gasteiger partial charge in [0.15, 0.2) is 6.10 Å². The van der Waals surface area contributed by atoms with Crippen molar-refractivity contribution >= 4 is 11.9 Å². The van der Waals surface area contributed by atoms with Crippen molar-refractivity contribution in [2.45, 2.75) is 19.4 Å². The van der Waals surface area contributed by atoms with Gasteiger partial charge in [0, 0.05) is 19.2 Å². The molecule has 1 fully saturated rings. The minimum atomic E-state index is -0.733. The molecule has 1 heterocycles. The summed E-state index contributed by atoms with van der Waals surface area (Å²) < 4.78 is 23.2. The zero-order valence-electron chi connectivity index (χ0n) is 12.0. The van der Waals surface area contributed by atoms with Crippen LogP contribution < -0.4 is 4.74 Å². The van der Waals surface area contributed by atoms with Crippen molar-refractivity contribution < 1.29 is 23.5 Å². The second-order valence-corrected chi connectivity index (χ2v) is 5.01. The third-order valence-corrected chi connectivity index (χ3v) is 3.49. The predicted molar refractivity (Wildman–Crippen MR) is 73.2 cm³/mol. The van der Waals surface area contributed by atoms with Crippen LogP contribution in [0.2, 0.25) is 0 Å². The molecular formula is C15H18FNO4. The quantitative estimate of drug-likeness (QED) is 0.792. The Morgan fingerprint density at radius 2 is 2.19 bits per heavy atom. The van der Waals surface area contributed by atoms with Gasteiger partial charge in [-0.1, -0.05) is 6.07 Å². The highest BCUT2D eigenvalue weighted by Gasteiger charge is 2.34. The topological polar surface area (TPSA) is 55.8 Å². The average molecular weight is 295 g/mol. The predicted octanol–water partition coefficient (Wildman–Crippen LogP) is 1.61. The molecule has 2 unspecified atom stereocenters. The summed E-state index contributed by atoms with van der Waals surface area (Å²) in [4.78, 5) is 25.3. The van der Waals surface area contributed by atoms with E-state index in [0.29, 0.717) is 25.3 Å². The summed E-state index contributed by atoms with van der Waals surface area (Å²) in [5.41, 5.74) is 0. The Hall–Kier alpha value is -2.11. The van der Waals surface area contributed by atoms with Crippen LogP contribution in [0, 0.1) is 11.7 Å². The van der Waals surface area contributed by atoms with Crippen LogP contribution in [0.3, 0.4) is 0 Å². The van der Waals surface area contributed by atoms with Crippen LogP contribution in [0.4, 0.5) is 4.39 Å². The summed E-state index contributed by atoms with van der Waals surface area (Å²) in [6.07, 6.45) is -0.145. The number of esters is 1. The molecule has 0 bridgehead atoms. The van der Waals surface area contributed by atoms with E-state index in [4.69, 9.17) is 4.74 Å². The molecule has 5 nitrogen and oxygen atoms in total. The van der Waals surface area contributed by atoms with Crippen molar-refractivity contribution in [1.29, 1.82) is 0 Å². The number of ether oxygens (including phenoxy) is 2. The largest absolute Gasteiger partial charge is 0.481 e. The Bertz CT molecular complexity index is 534. The first kappa shape index (κ1) is 15.3. The second-order valence-electron chi connectivity index (χ2n) is 5.01. The first-order chi connectivity index (χ1) is 10.0. The number of rotatable bonds is 4. The van der Waals surface area contributed by atoms with E-state index in [0.717, 1.165) is 0 Å². The fraction of sp³-hybridized carbons (Fsp3) is 0.467. The lowest BCUT2D eigenvalue weighted by Crippen LogP contribution is -2.39. The maximum Gasteiger partial charge on any atom is 0.310 e. The molecule has 1 aliphatic heterocycles. The van der Waals surface area contributed by atoms with Gasteiger partial charge in [0.05, 0.1) is 13.0 Å². The molecule has 0 N–H and O–H groups in total. The maximum absolute atomic E-state index is 13.1. The maximum atomic E-state index is 13.1. The molecule has 0 spiro atoms. The Morgan fingerprint density at radius 3 is 2.86 bits per heavy atom. The molecule has 0 radical (unpaired) electrons. The van der Waals surface area contributed by atoms with Crippen LogP contribution >= 0.6 is 0 Å². The van der Waals surface area contributed by atoms with Gasteiger partial charge in [-0.15, -0.1) is 0 Å². The van der Waals surface area contributed by atoms with E-state index in [1.807, 2.05) is 0 Å².